The average molecular weight is 307 g/mol. The number of benzene rings is 1. The minimum Gasteiger partial charge on any atom is -0.370 e. The summed E-state index contributed by atoms with van der Waals surface area (Å²) >= 11 is 0. The minimum atomic E-state index is -2.85. The lowest BCUT2D eigenvalue weighted by Gasteiger charge is -2.08. The van der Waals surface area contributed by atoms with E-state index in [1.54, 1.807) is 41.2 Å². The van der Waals surface area contributed by atoms with Gasteiger partial charge in [-0.05, 0) is 30.3 Å². The van der Waals surface area contributed by atoms with E-state index in [9.17, 15) is 13.2 Å². The molecule has 0 unspecified atom stereocenters. The second kappa shape index (κ2) is 6.09. The van der Waals surface area contributed by atoms with Crippen LogP contribution in [-0.2, 0) is 10.9 Å². The molecule has 0 spiro atoms. The molecule has 21 heavy (non-hydrogen) atoms. The van der Waals surface area contributed by atoms with Crippen LogP contribution in [0.4, 0.5) is 5.69 Å². The van der Waals surface area contributed by atoms with Crippen molar-refractivity contribution in [2.75, 3.05) is 4.72 Å². The molecule has 0 fully saturated rings. The van der Waals surface area contributed by atoms with Gasteiger partial charge in [-0.1, -0.05) is 0 Å². The first-order valence-electron chi connectivity index (χ1n) is 5.79. The van der Waals surface area contributed by atoms with Crippen molar-refractivity contribution in [3.8, 4) is 5.69 Å². The molecular formula is C12H13N5O3S. The molecule has 2 rings (SSSR count). The van der Waals surface area contributed by atoms with Gasteiger partial charge in [0.25, 0.3) is 5.91 Å². The van der Waals surface area contributed by atoms with Crippen molar-refractivity contribution in [2.24, 2.45) is 16.5 Å². The molecule has 1 aromatic carbocycles. The molecule has 5 N–H and O–H groups in total. The van der Waals surface area contributed by atoms with Crippen molar-refractivity contribution in [3.05, 3.63) is 48.3 Å². The molecule has 0 saturated heterocycles. The summed E-state index contributed by atoms with van der Waals surface area (Å²) in [5.74, 6) is -1.02. The van der Waals surface area contributed by atoms with Gasteiger partial charge in [-0.25, -0.2) is 8.42 Å². The Morgan fingerprint density at radius 1 is 1.14 bits per heavy atom. The van der Waals surface area contributed by atoms with E-state index < -0.39 is 16.8 Å². The number of hydrogen-bond acceptors (Lipinski definition) is 3. The number of guanidine groups is 1. The topological polar surface area (TPSA) is 133 Å². The zero-order valence-corrected chi connectivity index (χ0v) is 11.7. The first kappa shape index (κ1) is 14.6. The zero-order chi connectivity index (χ0) is 15.4. The number of carbonyl (C=O) groups excluding carboxylic acids is 1. The van der Waals surface area contributed by atoms with Crippen molar-refractivity contribution < 1.29 is 13.2 Å². The minimum absolute atomic E-state index is 0.161. The third kappa shape index (κ3) is 3.83. The van der Waals surface area contributed by atoms with Gasteiger partial charge in [0, 0.05) is 23.6 Å². The Bertz CT molecular complexity index is 753. The summed E-state index contributed by atoms with van der Waals surface area (Å²) in [7, 11) is -2.85. The van der Waals surface area contributed by atoms with E-state index in [1.165, 1.54) is 6.07 Å². The first-order valence-corrected chi connectivity index (χ1v) is 6.97. The smallest absolute Gasteiger partial charge is 0.280 e. The molecule has 1 aromatic heterocycles. The Kier molecular flexibility index (Phi) is 4.24. The van der Waals surface area contributed by atoms with Crippen LogP contribution in [-0.4, -0.2) is 24.9 Å². The van der Waals surface area contributed by atoms with Crippen molar-refractivity contribution in [1.82, 2.24) is 4.57 Å². The van der Waals surface area contributed by atoms with E-state index in [1.807, 2.05) is 0 Å². The lowest BCUT2D eigenvalue weighted by atomic mass is 10.1. The van der Waals surface area contributed by atoms with E-state index in [0.29, 0.717) is 5.69 Å². The van der Waals surface area contributed by atoms with E-state index in [0.717, 1.165) is 0 Å². The van der Waals surface area contributed by atoms with Crippen LogP contribution in [0.1, 0.15) is 10.4 Å². The van der Waals surface area contributed by atoms with Crippen LogP contribution in [0.15, 0.2) is 47.7 Å². The fourth-order valence-corrected chi connectivity index (χ4v) is 2.08. The largest absolute Gasteiger partial charge is 0.370 e. The third-order valence-electron chi connectivity index (χ3n) is 2.52. The maximum Gasteiger partial charge on any atom is 0.280 e. The van der Waals surface area contributed by atoms with E-state index in [4.69, 9.17) is 11.5 Å². The summed E-state index contributed by atoms with van der Waals surface area (Å²) in [6.45, 7) is 0. The third-order valence-corrected chi connectivity index (χ3v) is 2.96. The highest BCUT2D eigenvalue weighted by molar-refractivity contribution is 7.73. The maximum atomic E-state index is 11.9. The molecule has 0 bridgehead atoms. The van der Waals surface area contributed by atoms with E-state index in [2.05, 4.69) is 9.71 Å². The van der Waals surface area contributed by atoms with Crippen LogP contribution >= 0.6 is 0 Å². The number of nitrogens with one attached hydrogen (secondary N) is 1. The second-order valence-electron chi connectivity index (χ2n) is 4.07. The molecule has 8 nitrogen and oxygen atoms in total. The summed E-state index contributed by atoms with van der Waals surface area (Å²) in [4.78, 5) is 15.3. The Morgan fingerprint density at radius 3 is 2.38 bits per heavy atom. The van der Waals surface area contributed by atoms with Crippen LogP contribution < -0.4 is 16.2 Å². The fourth-order valence-electron chi connectivity index (χ4n) is 1.74. The first-order chi connectivity index (χ1) is 9.95. The molecule has 9 heteroatoms. The second-order valence-corrected chi connectivity index (χ2v) is 4.81. The number of rotatable bonds is 4. The summed E-state index contributed by atoms with van der Waals surface area (Å²) in [6.07, 6.45) is 3.51. The van der Waals surface area contributed by atoms with Crippen molar-refractivity contribution >= 4 is 28.4 Å². The summed E-state index contributed by atoms with van der Waals surface area (Å²) < 4.78 is 25.5. The lowest BCUT2D eigenvalue weighted by Crippen LogP contribution is -2.24. The van der Waals surface area contributed by atoms with E-state index >= 15 is 0 Å². The molecule has 110 valence electrons. The molecule has 0 aliphatic heterocycles. The normalized spacial score (nSPS) is 10.3. The Balaban J connectivity index is 2.52. The monoisotopic (exact) mass is 307 g/mol. The highest BCUT2D eigenvalue weighted by Crippen LogP contribution is 2.19. The van der Waals surface area contributed by atoms with Crippen LogP contribution in [0, 0.1) is 0 Å². The van der Waals surface area contributed by atoms with Gasteiger partial charge < -0.3 is 16.0 Å². The number of nitrogens with zero attached hydrogens (tertiary/aromatic N) is 2. The number of anilines is 1. The van der Waals surface area contributed by atoms with Crippen LogP contribution in [0.25, 0.3) is 5.69 Å². The maximum absolute atomic E-state index is 11.9. The van der Waals surface area contributed by atoms with Gasteiger partial charge in [-0.3, -0.25) is 9.52 Å². The molecule has 2 aromatic rings. The molecule has 0 aliphatic rings. The molecule has 0 radical (unpaired) electrons. The highest BCUT2D eigenvalue weighted by Gasteiger charge is 2.09. The Hall–Kier alpha value is -2.81. The van der Waals surface area contributed by atoms with Gasteiger partial charge in [0.05, 0.1) is 5.69 Å². The molecule has 0 saturated carbocycles. The molecular weight excluding hydrogens is 294 g/mol. The predicted octanol–water partition coefficient (Wildman–Crippen LogP) is -0.171. The molecule has 1 heterocycles. The van der Waals surface area contributed by atoms with Gasteiger partial charge in [-0.15, -0.1) is 0 Å². The number of hydrogen-bond donors (Lipinski definition) is 4. The van der Waals surface area contributed by atoms with Crippen LogP contribution in [0.5, 0.6) is 0 Å². The summed E-state index contributed by atoms with van der Waals surface area (Å²) in [6, 6.07) is 8.08. The SMILES string of the molecule is NC(N)=NC(=O)c1cc(N[SH](=O)=O)cc(-n2cccc2)c1. The summed E-state index contributed by atoms with van der Waals surface area (Å²) in [5, 5.41) is 0. The number of carbonyl (C=O) groups is 1. The van der Waals surface area contributed by atoms with E-state index in [-0.39, 0.29) is 17.2 Å². The number of amides is 1. The Labute approximate surface area is 122 Å². The fraction of sp³-hybridized carbons (Fsp3) is 0. The summed E-state index contributed by atoms with van der Waals surface area (Å²) in [5.41, 5.74) is 11.3. The molecule has 0 aliphatic carbocycles. The van der Waals surface area contributed by atoms with Crippen molar-refractivity contribution in [3.63, 3.8) is 0 Å². The van der Waals surface area contributed by atoms with Crippen molar-refractivity contribution in [2.45, 2.75) is 0 Å². The average Bonchev–Trinajstić information content (AvgIpc) is 2.90. The number of aliphatic imine (C=N–C) groups is 1. The van der Waals surface area contributed by atoms with Crippen LogP contribution in [0.3, 0.4) is 0 Å². The zero-order valence-electron chi connectivity index (χ0n) is 10.8. The van der Waals surface area contributed by atoms with Gasteiger partial charge >= 0.3 is 0 Å². The Morgan fingerprint density at radius 2 is 1.81 bits per heavy atom. The highest BCUT2D eigenvalue weighted by atomic mass is 32.2. The molecule has 0 atom stereocenters. The predicted molar refractivity (Wildman–Crippen MR) is 79.8 cm³/mol. The molecule has 1 amide bonds. The standard InChI is InChI=1S/C12H13N5O3S/c13-12(14)15-11(18)8-5-9(16-21(19)20)7-10(6-8)17-3-1-2-4-17/h1-7,21H,(H,16,19,20)(H4,13,14,15,18). The van der Waals surface area contributed by atoms with Gasteiger partial charge in [-0.2, -0.15) is 4.99 Å². The van der Waals surface area contributed by atoms with Crippen LogP contribution in [0.2, 0.25) is 0 Å². The number of nitrogens with two attached hydrogens (primary N) is 2. The van der Waals surface area contributed by atoms with Gasteiger partial charge in [0.2, 0.25) is 10.9 Å². The van der Waals surface area contributed by atoms with Crippen molar-refractivity contribution in [1.29, 1.82) is 0 Å². The van der Waals surface area contributed by atoms with Gasteiger partial charge in [0.1, 0.15) is 0 Å². The number of thiol groups is 1. The quantitative estimate of drug-likeness (QED) is 0.353. The van der Waals surface area contributed by atoms with Gasteiger partial charge in [0.15, 0.2) is 5.96 Å². The number of aromatic nitrogens is 1. The lowest BCUT2D eigenvalue weighted by molar-refractivity contribution is 0.100.